The molecule has 35 heavy (non-hydrogen) atoms. The number of aliphatic hydroxyl groups is 1. The summed E-state index contributed by atoms with van der Waals surface area (Å²) in [6.07, 6.45) is -1.33. The quantitative estimate of drug-likeness (QED) is 0.393. The van der Waals surface area contributed by atoms with Crippen molar-refractivity contribution in [2.45, 2.75) is 25.6 Å². The molecule has 0 aliphatic heterocycles. The van der Waals surface area contributed by atoms with Crippen LogP contribution in [0.25, 0.3) is 11.0 Å². The third kappa shape index (κ3) is 5.36. The van der Waals surface area contributed by atoms with Crippen LogP contribution in [0.2, 0.25) is 5.02 Å². The highest BCUT2D eigenvalue weighted by molar-refractivity contribution is 6.30. The Morgan fingerprint density at radius 2 is 1.86 bits per heavy atom. The monoisotopic (exact) mass is 506 g/mol. The van der Waals surface area contributed by atoms with E-state index in [1.165, 1.54) is 6.20 Å². The molecule has 1 aromatic carbocycles. The summed E-state index contributed by atoms with van der Waals surface area (Å²) < 4.78 is 46.1. The molecule has 0 aliphatic rings. The summed E-state index contributed by atoms with van der Waals surface area (Å²) in [4.78, 5) is 35.9. The number of halogens is 4. The lowest BCUT2D eigenvalue weighted by Gasteiger charge is -2.15. The molecule has 0 unspecified atom stereocenters. The standard InChI is InChI=1S/C23H18ClF3N4O4/c24-15-4-2-13(3-5-15)8-17-18(35-16-9-14(10-28-11-16)23(25,26)27)12-29-20-19(17)21(33)31(6-1-7-32)22(34)30-20/h2-5,9-12,32H,1,6-8H2,(H,29,30,34). The molecule has 0 bridgehead atoms. The number of nitrogens with one attached hydrogen (secondary N) is 1. The lowest BCUT2D eigenvalue weighted by Crippen LogP contribution is -2.36. The Morgan fingerprint density at radius 1 is 1.11 bits per heavy atom. The zero-order valence-electron chi connectivity index (χ0n) is 18.0. The van der Waals surface area contributed by atoms with E-state index in [1.54, 1.807) is 24.3 Å². The fourth-order valence-electron chi connectivity index (χ4n) is 3.51. The summed E-state index contributed by atoms with van der Waals surface area (Å²) in [5.41, 5.74) is -1.34. The maximum Gasteiger partial charge on any atom is 0.418 e. The van der Waals surface area contributed by atoms with E-state index < -0.39 is 23.0 Å². The van der Waals surface area contributed by atoms with Crippen LogP contribution in [0.15, 0.2) is 58.5 Å². The molecule has 0 fully saturated rings. The maximum atomic E-state index is 13.3. The van der Waals surface area contributed by atoms with Crippen molar-refractivity contribution < 1.29 is 23.0 Å². The molecule has 0 radical (unpaired) electrons. The van der Waals surface area contributed by atoms with Crippen LogP contribution in [-0.4, -0.2) is 31.2 Å². The highest BCUT2D eigenvalue weighted by Crippen LogP contribution is 2.34. The van der Waals surface area contributed by atoms with Crippen LogP contribution in [-0.2, 0) is 19.1 Å². The van der Waals surface area contributed by atoms with E-state index in [1.807, 2.05) is 0 Å². The van der Waals surface area contributed by atoms with Crippen LogP contribution in [0.3, 0.4) is 0 Å². The van der Waals surface area contributed by atoms with Gasteiger partial charge in [-0.3, -0.25) is 19.3 Å². The van der Waals surface area contributed by atoms with E-state index in [9.17, 15) is 22.8 Å². The van der Waals surface area contributed by atoms with Crippen molar-refractivity contribution in [3.05, 3.63) is 91.5 Å². The molecule has 0 amide bonds. The molecule has 0 saturated heterocycles. The van der Waals surface area contributed by atoms with Crippen molar-refractivity contribution in [3.63, 3.8) is 0 Å². The van der Waals surface area contributed by atoms with Crippen molar-refractivity contribution in [1.82, 2.24) is 19.5 Å². The predicted molar refractivity (Wildman–Crippen MR) is 122 cm³/mol. The second kappa shape index (κ2) is 9.88. The molecule has 0 aliphatic carbocycles. The number of aromatic amines is 1. The van der Waals surface area contributed by atoms with Gasteiger partial charge in [0.25, 0.3) is 5.56 Å². The first-order chi connectivity index (χ1) is 16.7. The van der Waals surface area contributed by atoms with Crippen LogP contribution >= 0.6 is 11.6 Å². The predicted octanol–water partition coefficient (Wildman–Crippen LogP) is 3.92. The summed E-state index contributed by atoms with van der Waals surface area (Å²) in [5, 5.41) is 9.66. The number of pyridine rings is 2. The van der Waals surface area contributed by atoms with Gasteiger partial charge in [-0.25, -0.2) is 9.78 Å². The van der Waals surface area contributed by atoms with Gasteiger partial charge >= 0.3 is 11.9 Å². The van der Waals surface area contributed by atoms with Gasteiger partial charge in [-0.1, -0.05) is 23.7 Å². The van der Waals surface area contributed by atoms with E-state index >= 15 is 0 Å². The van der Waals surface area contributed by atoms with Crippen molar-refractivity contribution in [1.29, 1.82) is 0 Å². The third-order valence-corrected chi connectivity index (χ3v) is 5.43. The topological polar surface area (TPSA) is 110 Å². The third-order valence-electron chi connectivity index (χ3n) is 5.18. The van der Waals surface area contributed by atoms with Gasteiger partial charge < -0.3 is 9.84 Å². The molecule has 0 atom stereocenters. The van der Waals surface area contributed by atoms with E-state index in [4.69, 9.17) is 21.4 Å². The summed E-state index contributed by atoms with van der Waals surface area (Å²) in [5.74, 6) is -0.185. The van der Waals surface area contributed by atoms with Crippen LogP contribution in [0, 0.1) is 0 Å². The van der Waals surface area contributed by atoms with E-state index in [0.717, 1.165) is 22.4 Å². The molecule has 2 N–H and O–H groups in total. The van der Waals surface area contributed by atoms with Crippen molar-refractivity contribution in [3.8, 4) is 11.5 Å². The molecule has 4 aromatic rings. The van der Waals surface area contributed by atoms with Gasteiger partial charge in [0.2, 0.25) is 0 Å². The lowest BCUT2D eigenvalue weighted by atomic mass is 10.0. The van der Waals surface area contributed by atoms with Gasteiger partial charge in [-0.05, 0) is 30.2 Å². The Bertz CT molecular complexity index is 1480. The summed E-state index contributed by atoms with van der Waals surface area (Å²) in [6.45, 7) is -0.269. The average molecular weight is 507 g/mol. The van der Waals surface area contributed by atoms with E-state index in [-0.39, 0.29) is 48.5 Å². The van der Waals surface area contributed by atoms with Crippen LogP contribution in [0.4, 0.5) is 13.2 Å². The van der Waals surface area contributed by atoms with Gasteiger partial charge in [0.05, 0.1) is 23.3 Å². The second-order valence-corrected chi connectivity index (χ2v) is 8.04. The lowest BCUT2D eigenvalue weighted by molar-refractivity contribution is -0.137. The number of ether oxygens (including phenoxy) is 1. The Balaban J connectivity index is 1.90. The minimum atomic E-state index is -4.62. The van der Waals surface area contributed by atoms with Gasteiger partial charge in [0, 0.05) is 36.4 Å². The molecule has 4 rings (SSSR count). The first kappa shape index (κ1) is 24.4. The van der Waals surface area contributed by atoms with E-state index in [0.29, 0.717) is 16.8 Å². The number of H-pyrrole nitrogens is 1. The Kier molecular flexibility index (Phi) is 6.90. The molecule has 182 valence electrons. The Morgan fingerprint density at radius 3 is 2.54 bits per heavy atom. The largest absolute Gasteiger partial charge is 0.454 e. The summed E-state index contributed by atoms with van der Waals surface area (Å²) in [7, 11) is 0. The number of benzene rings is 1. The highest BCUT2D eigenvalue weighted by atomic mass is 35.5. The molecular formula is C23H18ClF3N4O4. The van der Waals surface area contributed by atoms with Crippen LogP contribution < -0.4 is 16.0 Å². The first-order valence-corrected chi connectivity index (χ1v) is 10.8. The second-order valence-electron chi connectivity index (χ2n) is 7.60. The van der Waals surface area contributed by atoms with Gasteiger partial charge in [0.15, 0.2) is 0 Å². The average Bonchev–Trinajstić information content (AvgIpc) is 2.81. The summed E-state index contributed by atoms with van der Waals surface area (Å²) >= 11 is 5.96. The molecule has 3 heterocycles. The van der Waals surface area contributed by atoms with Crippen molar-refractivity contribution >= 4 is 22.6 Å². The number of fused-ring (bicyclic) bond motifs is 1. The van der Waals surface area contributed by atoms with Crippen molar-refractivity contribution in [2.75, 3.05) is 6.61 Å². The first-order valence-electron chi connectivity index (χ1n) is 10.4. The molecule has 12 heteroatoms. The van der Waals surface area contributed by atoms with Crippen LogP contribution in [0.1, 0.15) is 23.1 Å². The fourth-order valence-corrected chi connectivity index (χ4v) is 3.64. The number of alkyl halides is 3. The smallest absolute Gasteiger partial charge is 0.418 e. The minimum Gasteiger partial charge on any atom is -0.454 e. The number of hydrogen-bond donors (Lipinski definition) is 2. The number of nitrogens with zero attached hydrogens (tertiary/aromatic N) is 3. The highest BCUT2D eigenvalue weighted by Gasteiger charge is 2.31. The van der Waals surface area contributed by atoms with Gasteiger partial charge in [0.1, 0.15) is 17.1 Å². The Labute approximate surface area is 200 Å². The molecule has 0 saturated carbocycles. The number of hydrogen-bond acceptors (Lipinski definition) is 6. The molecule has 8 nitrogen and oxygen atoms in total. The Hall–Kier alpha value is -3.70. The molecule has 3 aromatic heterocycles. The van der Waals surface area contributed by atoms with Crippen LogP contribution in [0.5, 0.6) is 11.5 Å². The van der Waals surface area contributed by atoms with Gasteiger partial charge in [-0.2, -0.15) is 13.2 Å². The number of aromatic nitrogens is 4. The zero-order chi connectivity index (χ0) is 25.2. The number of aliphatic hydroxyl groups excluding tert-OH is 1. The van der Waals surface area contributed by atoms with E-state index in [2.05, 4.69) is 15.0 Å². The maximum absolute atomic E-state index is 13.3. The molecule has 0 spiro atoms. The number of rotatable bonds is 7. The van der Waals surface area contributed by atoms with Gasteiger partial charge in [-0.15, -0.1) is 0 Å². The normalized spacial score (nSPS) is 11.7. The SMILES string of the molecule is O=c1[nH]c2ncc(Oc3cncc(C(F)(F)F)c3)c(Cc3ccc(Cl)cc3)c2c(=O)n1CCCO. The van der Waals surface area contributed by atoms with Crippen molar-refractivity contribution in [2.24, 2.45) is 0 Å². The fraction of sp³-hybridized carbons (Fsp3) is 0.217. The minimum absolute atomic E-state index is 0.00118. The zero-order valence-corrected chi connectivity index (χ0v) is 18.7. The summed E-state index contributed by atoms with van der Waals surface area (Å²) in [6, 6.07) is 7.54. The molecular weight excluding hydrogens is 489 g/mol.